The summed E-state index contributed by atoms with van der Waals surface area (Å²) in [5.41, 5.74) is 2.98. The first-order valence-electron chi connectivity index (χ1n) is 9.02. The van der Waals surface area contributed by atoms with E-state index in [1.807, 2.05) is 80.6 Å². The maximum absolute atomic E-state index is 12.2. The molecule has 0 aliphatic heterocycles. The number of hydrogen-bond donors (Lipinski definition) is 1. The second-order valence-electron chi connectivity index (χ2n) is 6.62. The number of hydrogen-bond acceptors (Lipinski definition) is 3. The number of rotatable bonds is 6. The van der Waals surface area contributed by atoms with Crippen molar-refractivity contribution >= 4 is 22.6 Å². The molecule has 1 N–H and O–H groups in total. The molecule has 27 heavy (non-hydrogen) atoms. The van der Waals surface area contributed by atoms with Gasteiger partial charge in [-0.05, 0) is 41.3 Å². The Balaban J connectivity index is 1.56. The number of amides is 1. The number of ether oxygens (including phenoxy) is 1. The number of carbonyl (C=O) groups is 2. The third-order valence-corrected chi connectivity index (χ3v) is 4.63. The van der Waals surface area contributed by atoms with E-state index in [1.165, 1.54) is 0 Å². The fraction of sp³-hybridized carbons (Fsp3) is 0.217. The minimum absolute atomic E-state index is 0.166. The summed E-state index contributed by atoms with van der Waals surface area (Å²) in [6.45, 7) is 3.59. The smallest absolute Gasteiger partial charge is 0.310 e. The summed E-state index contributed by atoms with van der Waals surface area (Å²) < 4.78 is 5.14. The van der Waals surface area contributed by atoms with Crippen molar-refractivity contribution < 1.29 is 14.3 Å². The number of nitrogens with one attached hydrogen (secondary N) is 1. The van der Waals surface area contributed by atoms with Crippen LogP contribution in [0.4, 0.5) is 0 Å². The summed E-state index contributed by atoms with van der Waals surface area (Å²) >= 11 is 0. The highest BCUT2D eigenvalue weighted by atomic mass is 16.5. The van der Waals surface area contributed by atoms with Gasteiger partial charge < -0.3 is 10.1 Å². The molecule has 0 unspecified atom stereocenters. The van der Waals surface area contributed by atoms with Crippen LogP contribution in [0.25, 0.3) is 10.8 Å². The minimum atomic E-state index is -0.405. The molecule has 1 atom stereocenters. The number of benzene rings is 3. The standard InChI is InChI=1S/C23H23NO3/c1-16-8-3-4-10-19(16)14-23(26)27-15-22(25)24-17(2)20-13-7-11-18-9-5-6-12-21(18)20/h3-13,17H,14-15H2,1-2H3,(H,24,25)/t17-/m1/s1. The first-order chi connectivity index (χ1) is 13.0. The van der Waals surface area contributed by atoms with Crippen molar-refractivity contribution in [1.82, 2.24) is 5.32 Å². The molecular formula is C23H23NO3. The lowest BCUT2D eigenvalue weighted by Gasteiger charge is -2.16. The summed E-state index contributed by atoms with van der Waals surface area (Å²) in [6.07, 6.45) is 0.166. The lowest BCUT2D eigenvalue weighted by Crippen LogP contribution is -2.31. The Kier molecular flexibility index (Phi) is 5.87. The van der Waals surface area contributed by atoms with Crippen molar-refractivity contribution in [1.29, 1.82) is 0 Å². The first kappa shape index (κ1) is 18.6. The van der Waals surface area contributed by atoms with Crippen LogP contribution in [-0.4, -0.2) is 18.5 Å². The normalized spacial score (nSPS) is 11.8. The van der Waals surface area contributed by atoms with Crippen LogP contribution in [0.15, 0.2) is 66.7 Å². The van der Waals surface area contributed by atoms with Crippen LogP contribution in [-0.2, 0) is 20.7 Å². The molecule has 0 radical (unpaired) electrons. The van der Waals surface area contributed by atoms with Gasteiger partial charge in [0.1, 0.15) is 0 Å². The third kappa shape index (κ3) is 4.73. The zero-order valence-electron chi connectivity index (χ0n) is 15.6. The maximum Gasteiger partial charge on any atom is 0.310 e. The fourth-order valence-corrected chi connectivity index (χ4v) is 3.15. The van der Waals surface area contributed by atoms with Crippen LogP contribution in [0, 0.1) is 6.92 Å². The molecule has 138 valence electrons. The first-order valence-corrected chi connectivity index (χ1v) is 9.02. The molecule has 0 saturated heterocycles. The highest BCUT2D eigenvalue weighted by Crippen LogP contribution is 2.23. The molecule has 0 aromatic heterocycles. The monoisotopic (exact) mass is 361 g/mol. The summed E-state index contributed by atoms with van der Waals surface area (Å²) in [7, 11) is 0. The van der Waals surface area contributed by atoms with Gasteiger partial charge >= 0.3 is 5.97 Å². The molecule has 0 heterocycles. The molecule has 0 fully saturated rings. The highest BCUT2D eigenvalue weighted by molar-refractivity contribution is 5.87. The van der Waals surface area contributed by atoms with Gasteiger partial charge in [-0.15, -0.1) is 0 Å². The summed E-state index contributed by atoms with van der Waals surface area (Å²) in [4.78, 5) is 24.2. The van der Waals surface area contributed by atoms with Gasteiger partial charge in [-0.2, -0.15) is 0 Å². The highest BCUT2D eigenvalue weighted by Gasteiger charge is 2.14. The van der Waals surface area contributed by atoms with E-state index in [9.17, 15) is 9.59 Å². The Morgan fingerprint density at radius 3 is 2.48 bits per heavy atom. The third-order valence-electron chi connectivity index (χ3n) is 4.63. The van der Waals surface area contributed by atoms with Crippen LogP contribution >= 0.6 is 0 Å². The van der Waals surface area contributed by atoms with Gasteiger partial charge in [-0.1, -0.05) is 66.7 Å². The van der Waals surface area contributed by atoms with Crippen molar-refractivity contribution in [2.45, 2.75) is 26.3 Å². The van der Waals surface area contributed by atoms with E-state index in [0.29, 0.717) is 0 Å². The van der Waals surface area contributed by atoms with E-state index in [4.69, 9.17) is 4.74 Å². The Labute approximate surface area is 159 Å². The van der Waals surface area contributed by atoms with E-state index in [-0.39, 0.29) is 25.0 Å². The summed E-state index contributed by atoms with van der Waals surface area (Å²) in [5.74, 6) is -0.717. The lowest BCUT2D eigenvalue weighted by atomic mass is 10.00. The number of fused-ring (bicyclic) bond motifs is 1. The largest absolute Gasteiger partial charge is 0.455 e. The van der Waals surface area contributed by atoms with E-state index < -0.39 is 5.97 Å². The van der Waals surface area contributed by atoms with Gasteiger partial charge in [0, 0.05) is 0 Å². The second-order valence-corrected chi connectivity index (χ2v) is 6.62. The molecule has 0 aliphatic rings. The average molecular weight is 361 g/mol. The number of esters is 1. The maximum atomic E-state index is 12.2. The molecular weight excluding hydrogens is 338 g/mol. The fourth-order valence-electron chi connectivity index (χ4n) is 3.15. The Morgan fingerprint density at radius 2 is 1.67 bits per heavy atom. The summed E-state index contributed by atoms with van der Waals surface area (Å²) in [5, 5.41) is 5.13. The number of aryl methyl sites for hydroxylation is 1. The van der Waals surface area contributed by atoms with Crippen LogP contribution < -0.4 is 5.32 Å². The predicted octanol–water partition coefficient (Wildman–Crippen LogP) is 4.11. The second kappa shape index (κ2) is 8.49. The molecule has 4 nitrogen and oxygen atoms in total. The zero-order chi connectivity index (χ0) is 19.2. The van der Waals surface area contributed by atoms with E-state index in [1.54, 1.807) is 0 Å². The Bertz CT molecular complexity index is 959. The van der Waals surface area contributed by atoms with Crippen LogP contribution in [0.2, 0.25) is 0 Å². The molecule has 0 bridgehead atoms. The van der Waals surface area contributed by atoms with E-state index in [2.05, 4.69) is 5.32 Å². The average Bonchev–Trinajstić information content (AvgIpc) is 2.67. The quantitative estimate of drug-likeness (QED) is 0.672. The van der Waals surface area contributed by atoms with Crippen molar-refractivity contribution in [3.05, 3.63) is 83.4 Å². The van der Waals surface area contributed by atoms with E-state index in [0.717, 1.165) is 27.5 Å². The van der Waals surface area contributed by atoms with Crippen LogP contribution in [0.1, 0.15) is 29.7 Å². The van der Waals surface area contributed by atoms with E-state index >= 15 is 0 Å². The lowest BCUT2D eigenvalue weighted by molar-refractivity contribution is -0.148. The topological polar surface area (TPSA) is 55.4 Å². The Hall–Kier alpha value is -3.14. The molecule has 1 amide bonds. The minimum Gasteiger partial charge on any atom is -0.455 e. The van der Waals surface area contributed by atoms with Gasteiger partial charge in [0.25, 0.3) is 5.91 Å². The van der Waals surface area contributed by atoms with Gasteiger partial charge in [-0.3, -0.25) is 9.59 Å². The number of carbonyl (C=O) groups excluding carboxylic acids is 2. The molecule has 4 heteroatoms. The molecule has 0 spiro atoms. The molecule has 3 aromatic rings. The Morgan fingerprint density at radius 1 is 0.963 bits per heavy atom. The van der Waals surface area contributed by atoms with Gasteiger partial charge in [0.15, 0.2) is 6.61 Å². The van der Waals surface area contributed by atoms with Crippen LogP contribution in [0.5, 0.6) is 0 Å². The molecule has 3 aromatic carbocycles. The SMILES string of the molecule is Cc1ccccc1CC(=O)OCC(=O)N[C@H](C)c1cccc2ccccc12. The predicted molar refractivity (Wildman–Crippen MR) is 106 cm³/mol. The van der Waals surface area contributed by atoms with Crippen molar-refractivity contribution in [3.63, 3.8) is 0 Å². The summed E-state index contributed by atoms with van der Waals surface area (Å²) in [6, 6.07) is 21.5. The molecule has 3 rings (SSSR count). The van der Waals surface area contributed by atoms with Gasteiger partial charge in [-0.25, -0.2) is 0 Å². The van der Waals surface area contributed by atoms with Crippen LogP contribution in [0.3, 0.4) is 0 Å². The van der Waals surface area contributed by atoms with Crippen molar-refractivity contribution in [2.75, 3.05) is 6.61 Å². The van der Waals surface area contributed by atoms with Gasteiger partial charge in [0.05, 0.1) is 12.5 Å². The molecule has 0 aliphatic carbocycles. The van der Waals surface area contributed by atoms with Crippen molar-refractivity contribution in [2.24, 2.45) is 0 Å². The molecule has 0 saturated carbocycles. The zero-order valence-corrected chi connectivity index (χ0v) is 15.6. The van der Waals surface area contributed by atoms with Crippen molar-refractivity contribution in [3.8, 4) is 0 Å². The van der Waals surface area contributed by atoms with Gasteiger partial charge in [0.2, 0.25) is 0 Å².